The smallest absolute Gasteiger partial charge is 0.324 e. The summed E-state index contributed by atoms with van der Waals surface area (Å²) < 4.78 is 5.40. The number of unbranched alkanes of at least 4 members (excludes halogenated alkanes) is 1. The molecule has 1 rings (SSSR count). The summed E-state index contributed by atoms with van der Waals surface area (Å²) in [7, 11) is 0. The predicted octanol–water partition coefficient (Wildman–Crippen LogP) is 1.35. The van der Waals surface area contributed by atoms with Crippen molar-refractivity contribution in [3.63, 3.8) is 0 Å². The molecule has 0 amide bonds. The second-order valence-corrected chi connectivity index (χ2v) is 5.19. The molecule has 0 saturated carbocycles. The van der Waals surface area contributed by atoms with E-state index in [2.05, 4.69) is 12.2 Å². The first-order valence-corrected chi connectivity index (χ1v) is 7.00. The molecule has 0 aromatic heterocycles. The number of nitrogens with one attached hydrogen (secondary N) is 1. The molecule has 0 bridgehead atoms. The van der Waals surface area contributed by atoms with Crippen LogP contribution in [-0.2, 0) is 9.53 Å². The molecule has 1 atom stereocenters. The maximum atomic E-state index is 11.2. The van der Waals surface area contributed by atoms with Gasteiger partial charge in [-0.05, 0) is 18.6 Å². The van der Waals surface area contributed by atoms with E-state index in [-0.39, 0.29) is 0 Å². The van der Waals surface area contributed by atoms with Crippen LogP contribution >= 0.6 is 11.8 Å². The number of aliphatic carboxylic acids is 1. The number of rotatable bonds is 8. The Hall–Kier alpha value is -0.260. The van der Waals surface area contributed by atoms with E-state index in [0.717, 1.165) is 25.2 Å². The molecular formula is C11H21NO3S. The van der Waals surface area contributed by atoms with E-state index in [0.29, 0.717) is 25.3 Å². The molecule has 1 aliphatic heterocycles. The highest BCUT2D eigenvalue weighted by molar-refractivity contribution is 7.99. The largest absolute Gasteiger partial charge is 0.480 e. The molecule has 5 heteroatoms. The molecule has 94 valence electrons. The van der Waals surface area contributed by atoms with Gasteiger partial charge in [-0.1, -0.05) is 13.3 Å². The van der Waals surface area contributed by atoms with E-state index in [9.17, 15) is 9.90 Å². The van der Waals surface area contributed by atoms with Crippen LogP contribution in [0.15, 0.2) is 0 Å². The summed E-state index contributed by atoms with van der Waals surface area (Å²) in [6, 6.07) is 0. The second-order valence-electron chi connectivity index (χ2n) is 4.08. The van der Waals surface area contributed by atoms with Crippen LogP contribution < -0.4 is 5.32 Å². The summed E-state index contributed by atoms with van der Waals surface area (Å²) in [5, 5.41) is 12.3. The standard InChI is InChI=1S/C11H21NO3S/c1-2-3-6-15-7-5-12-11(10(13)14)4-8-16-9-11/h12H,2-9H2,1H3,(H,13,14). The molecule has 1 fully saturated rings. The van der Waals surface area contributed by atoms with Crippen molar-refractivity contribution in [2.45, 2.75) is 31.7 Å². The molecule has 0 radical (unpaired) electrons. The van der Waals surface area contributed by atoms with Crippen molar-refractivity contribution < 1.29 is 14.6 Å². The fraction of sp³-hybridized carbons (Fsp3) is 0.909. The first-order valence-electron chi connectivity index (χ1n) is 5.85. The first kappa shape index (κ1) is 13.8. The highest BCUT2D eigenvalue weighted by atomic mass is 32.2. The van der Waals surface area contributed by atoms with Gasteiger partial charge in [0.25, 0.3) is 0 Å². The average molecular weight is 247 g/mol. The Labute approximate surface area is 101 Å². The fourth-order valence-corrected chi connectivity index (χ4v) is 3.02. The van der Waals surface area contributed by atoms with Crippen molar-refractivity contribution >= 4 is 17.7 Å². The monoisotopic (exact) mass is 247 g/mol. The number of carboxylic acids is 1. The summed E-state index contributed by atoms with van der Waals surface area (Å²) in [6.45, 7) is 4.11. The zero-order valence-electron chi connectivity index (χ0n) is 9.83. The van der Waals surface area contributed by atoms with Crippen LogP contribution in [0.25, 0.3) is 0 Å². The zero-order chi connectivity index (χ0) is 11.9. The number of carboxylic acid groups (broad SMARTS) is 1. The van der Waals surface area contributed by atoms with Crippen LogP contribution in [0.5, 0.6) is 0 Å². The van der Waals surface area contributed by atoms with Crippen LogP contribution in [0.3, 0.4) is 0 Å². The lowest BCUT2D eigenvalue weighted by molar-refractivity contribution is -0.143. The number of hydrogen-bond donors (Lipinski definition) is 2. The minimum atomic E-state index is -0.731. The van der Waals surface area contributed by atoms with Gasteiger partial charge in [0.2, 0.25) is 0 Å². The van der Waals surface area contributed by atoms with Gasteiger partial charge >= 0.3 is 5.97 Å². The zero-order valence-corrected chi connectivity index (χ0v) is 10.6. The van der Waals surface area contributed by atoms with Crippen molar-refractivity contribution in [3.8, 4) is 0 Å². The number of hydrogen-bond acceptors (Lipinski definition) is 4. The van der Waals surface area contributed by atoms with Gasteiger partial charge in [0.15, 0.2) is 0 Å². The molecule has 4 nitrogen and oxygen atoms in total. The summed E-state index contributed by atoms with van der Waals surface area (Å²) >= 11 is 1.70. The molecule has 1 aliphatic rings. The Morgan fingerprint density at radius 3 is 2.94 bits per heavy atom. The lowest BCUT2D eigenvalue weighted by Gasteiger charge is -2.24. The number of thioether (sulfide) groups is 1. The maximum Gasteiger partial charge on any atom is 0.324 e. The van der Waals surface area contributed by atoms with E-state index in [1.807, 2.05) is 0 Å². The van der Waals surface area contributed by atoms with Crippen molar-refractivity contribution in [1.82, 2.24) is 5.32 Å². The number of ether oxygens (including phenoxy) is 1. The lowest BCUT2D eigenvalue weighted by Crippen LogP contribution is -2.53. The van der Waals surface area contributed by atoms with E-state index in [4.69, 9.17) is 4.74 Å². The normalized spacial score (nSPS) is 24.8. The van der Waals surface area contributed by atoms with Gasteiger partial charge < -0.3 is 9.84 Å². The summed E-state index contributed by atoms with van der Waals surface area (Å²) in [5.74, 6) is 0.860. The minimum absolute atomic E-state index is 0.597. The highest BCUT2D eigenvalue weighted by Crippen LogP contribution is 2.27. The second kappa shape index (κ2) is 7.14. The van der Waals surface area contributed by atoms with Crippen molar-refractivity contribution in [1.29, 1.82) is 0 Å². The molecule has 0 aromatic carbocycles. The van der Waals surface area contributed by atoms with Crippen LogP contribution in [0, 0.1) is 0 Å². The summed E-state index contributed by atoms with van der Waals surface area (Å²) in [5.41, 5.74) is -0.710. The Kier molecular flexibility index (Phi) is 6.16. The summed E-state index contributed by atoms with van der Waals surface area (Å²) in [6.07, 6.45) is 2.91. The van der Waals surface area contributed by atoms with Crippen molar-refractivity contribution in [2.75, 3.05) is 31.3 Å². The molecule has 16 heavy (non-hydrogen) atoms. The molecule has 0 aliphatic carbocycles. The third-order valence-electron chi connectivity index (χ3n) is 2.78. The van der Waals surface area contributed by atoms with Gasteiger partial charge in [-0.15, -0.1) is 0 Å². The Morgan fingerprint density at radius 1 is 1.56 bits per heavy atom. The third-order valence-corrected chi connectivity index (χ3v) is 3.97. The summed E-state index contributed by atoms with van der Waals surface area (Å²) in [4.78, 5) is 11.2. The molecule has 1 heterocycles. The Balaban J connectivity index is 2.16. The molecular weight excluding hydrogens is 226 g/mol. The molecule has 0 spiro atoms. The number of carbonyl (C=O) groups is 1. The molecule has 2 N–H and O–H groups in total. The third kappa shape index (κ3) is 3.96. The lowest BCUT2D eigenvalue weighted by atomic mass is 9.99. The van der Waals surface area contributed by atoms with Crippen LogP contribution in [0.2, 0.25) is 0 Å². The average Bonchev–Trinajstić information content (AvgIpc) is 2.73. The quantitative estimate of drug-likeness (QED) is 0.634. The SMILES string of the molecule is CCCCOCCNC1(C(=O)O)CCSC1. The molecule has 0 aromatic rings. The minimum Gasteiger partial charge on any atom is -0.480 e. The van der Waals surface area contributed by atoms with Gasteiger partial charge in [-0.3, -0.25) is 10.1 Å². The maximum absolute atomic E-state index is 11.2. The van der Waals surface area contributed by atoms with Crippen molar-refractivity contribution in [3.05, 3.63) is 0 Å². The van der Waals surface area contributed by atoms with Crippen LogP contribution in [0.4, 0.5) is 0 Å². The van der Waals surface area contributed by atoms with E-state index >= 15 is 0 Å². The van der Waals surface area contributed by atoms with E-state index in [1.54, 1.807) is 11.8 Å². The Bertz CT molecular complexity index is 217. The van der Waals surface area contributed by atoms with Gasteiger partial charge in [-0.25, -0.2) is 0 Å². The van der Waals surface area contributed by atoms with Gasteiger partial charge in [0, 0.05) is 18.9 Å². The van der Waals surface area contributed by atoms with Crippen LogP contribution in [0.1, 0.15) is 26.2 Å². The van der Waals surface area contributed by atoms with E-state index < -0.39 is 11.5 Å². The van der Waals surface area contributed by atoms with Crippen molar-refractivity contribution in [2.24, 2.45) is 0 Å². The molecule has 1 saturated heterocycles. The first-order chi connectivity index (χ1) is 7.71. The highest BCUT2D eigenvalue weighted by Gasteiger charge is 2.41. The van der Waals surface area contributed by atoms with Gasteiger partial charge in [0.05, 0.1) is 6.61 Å². The van der Waals surface area contributed by atoms with Gasteiger partial charge in [-0.2, -0.15) is 11.8 Å². The van der Waals surface area contributed by atoms with Crippen LogP contribution in [-0.4, -0.2) is 47.9 Å². The molecule has 1 unspecified atom stereocenters. The predicted molar refractivity (Wildman–Crippen MR) is 66.0 cm³/mol. The topological polar surface area (TPSA) is 58.6 Å². The van der Waals surface area contributed by atoms with Gasteiger partial charge in [0.1, 0.15) is 5.54 Å². The fourth-order valence-electron chi connectivity index (χ4n) is 1.66. The van der Waals surface area contributed by atoms with E-state index in [1.165, 1.54) is 0 Å². The Morgan fingerprint density at radius 2 is 2.38 bits per heavy atom.